The van der Waals surface area contributed by atoms with E-state index < -0.39 is 63.8 Å². The van der Waals surface area contributed by atoms with Gasteiger partial charge < -0.3 is 14.4 Å². The van der Waals surface area contributed by atoms with Crippen LogP contribution >= 0.6 is 0 Å². The second-order valence-corrected chi connectivity index (χ2v) is 5.36. The van der Waals surface area contributed by atoms with Crippen molar-refractivity contribution in [1.29, 1.82) is 0 Å². The molecule has 5 nitrogen and oxygen atoms in total. The molecule has 3 rings (SSSR count). The van der Waals surface area contributed by atoms with E-state index in [9.17, 15) is 35.9 Å². The Labute approximate surface area is 134 Å². The van der Waals surface area contributed by atoms with E-state index in [0.717, 1.165) is 0 Å². The average molecular weight is 367 g/mol. The lowest BCUT2D eigenvalue weighted by atomic mass is 10.1. The zero-order valence-electron chi connectivity index (χ0n) is 11.9. The standard InChI is InChI=1S/C14H7F6NO4/c15-5-2-7(5)21-3-8(25-13(23)24)12(22)4-1-6(16)10(17)9(11(4)21)14(18,19)20/h1,3,5,7H,2H2,(H,23,24)/t5-,7-/m1/s1. The number of halogens is 6. The predicted molar refractivity (Wildman–Crippen MR) is 70.3 cm³/mol. The van der Waals surface area contributed by atoms with Crippen molar-refractivity contribution in [3.63, 3.8) is 0 Å². The lowest BCUT2D eigenvalue weighted by molar-refractivity contribution is -0.139. The van der Waals surface area contributed by atoms with E-state index >= 15 is 0 Å². The second kappa shape index (κ2) is 5.39. The van der Waals surface area contributed by atoms with Crippen molar-refractivity contribution in [2.24, 2.45) is 0 Å². The van der Waals surface area contributed by atoms with Crippen LogP contribution in [0.4, 0.5) is 31.1 Å². The number of hydrogen-bond acceptors (Lipinski definition) is 3. The Balaban J connectivity index is 2.48. The maximum absolute atomic E-state index is 13.8. The Morgan fingerprint density at radius 3 is 2.40 bits per heavy atom. The third kappa shape index (κ3) is 2.79. The van der Waals surface area contributed by atoms with Gasteiger partial charge >= 0.3 is 12.3 Å². The summed E-state index contributed by atoms with van der Waals surface area (Å²) in [6.07, 6.45) is -8.60. The average Bonchev–Trinajstić information content (AvgIpc) is 3.19. The fourth-order valence-corrected chi connectivity index (χ4v) is 2.57. The summed E-state index contributed by atoms with van der Waals surface area (Å²) in [4.78, 5) is 22.7. The SMILES string of the molecule is O=C(O)Oc1cn([C@@H]2C[C@H]2F)c2c(C(F)(F)F)c(F)c(F)cc2c1=O. The van der Waals surface area contributed by atoms with Gasteiger partial charge in [0.05, 0.1) is 23.1 Å². The Morgan fingerprint density at radius 1 is 1.32 bits per heavy atom. The van der Waals surface area contributed by atoms with Gasteiger partial charge in [0.2, 0.25) is 5.43 Å². The molecule has 25 heavy (non-hydrogen) atoms. The van der Waals surface area contributed by atoms with Crippen LogP contribution in [0.5, 0.6) is 5.75 Å². The number of hydrogen-bond donors (Lipinski definition) is 1. The topological polar surface area (TPSA) is 68.5 Å². The van der Waals surface area contributed by atoms with Gasteiger partial charge in [-0.1, -0.05) is 0 Å². The van der Waals surface area contributed by atoms with Gasteiger partial charge in [-0.15, -0.1) is 0 Å². The number of benzene rings is 1. The molecule has 1 saturated carbocycles. The third-order valence-electron chi connectivity index (χ3n) is 3.69. The van der Waals surface area contributed by atoms with Crippen molar-refractivity contribution in [1.82, 2.24) is 4.57 Å². The fraction of sp³-hybridized carbons (Fsp3) is 0.286. The minimum absolute atomic E-state index is 0.197. The van der Waals surface area contributed by atoms with Crippen molar-refractivity contribution in [2.75, 3.05) is 0 Å². The van der Waals surface area contributed by atoms with Crippen LogP contribution in [-0.2, 0) is 6.18 Å². The number of aromatic nitrogens is 1. The maximum atomic E-state index is 13.8. The van der Waals surface area contributed by atoms with E-state index in [1.807, 2.05) is 0 Å². The van der Waals surface area contributed by atoms with Gasteiger partial charge in [-0.05, 0) is 6.07 Å². The van der Waals surface area contributed by atoms with Crippen molar-refractivity contribution < 1.29 is 41.0 Å². The number of rotatable bonds is 2. The molecule has 1 fully saturated rings. The van der Waals surface area contributed by atoms with Gasteiger partial charge in [-0.2, -0.15) is 13.2 Å². The molecule has 0 aliphatic heterocycles. The number of nitrogens with zero attached hydrogens (tertiary/aromatic N) is 1. The number of ether oxygens (including phenoxy) is 1. The summed E-state index contributed by atoms with van der Waals surface area (Å²) in [5.74, 6) is -5.14. The molecule has 1 N–H and O–H groups in total. The highest BCUT2D eigenvalue weighted by molar-refractivity contribution is 5.85. The summed E-state index contributed by atoms with van der Waals surface area (Å²) in [6.45, 7) is 0. The highest BCUT2D eigenvalue weighted by Gasteiger charge is 2.44. The molecular weight excluding hydrogens is 360 g/mol. The van der Waals surface area contributed by atoms with E-state index in [0.29, 0.717) is 10.8 Å². The fourth-order valence-electron chi connectivity index (χ4n) is 2.57. The van der Waals surface area contributed by atoms with Crippen LogP contribution in [0.25, 0.3) is 10.9 Å². The number of carbonyl (C=O) groups is 1. The van der Waals surface area contributed by atoms with Gasteiger partial charge in [0.15, 0.2) is 17.4 Å². The Morgan fingerprint density at radius 2 is 1.92 bits per heavy atom. The lowest BCUT2D eigenvalue weighted by Crippen LogP contribution is -2.21. The van der Waals surface area contributed by atoms with Gasteiger partial charge in [0, 0.05) is 6.42 Å². The summed E-state index contributed by atoms with van der Waals surface area (Å²) < 4.78 is 85.2. The van der Waals surface area contributed by atoms with Crippen LogP contribution < -0.4 is 10.2 Å². The largest absolute Gasteiger partial charge is 0.511 e. The molecule has 11 heteroatoms. The summed E-state index contributed by atoms with van der Waals surface area (Å²) in [5.41, 5.74) is -4.53. The second-order valence-electron chi connectivity index (χ2n) is 5.36. The molecular formula is C14H7F6NO4. The zero-order valence-corrected chi connectivity index (χ0v) is 11.9. The Bertz CT molecular complexity index is 951. The molecule has 0 radical (unpaired) electrons. The van der Waals surface area contributed by atoms with Crippen LogP contribution in [0.3, 0.4) is 0 Å². The van der Waals surface area contributed by atoms with Crippen LogP contribution in [-0.4, -0.2) is 22.0 Å². The first-order valence-electron chi connectivity index (χ1n) is 6.71. The molecule has 0 spiro atoms. The molecule has 2 aromatic rings. The number of carboxylic acid groups (broad SMARTS) is 1. The first kappa shape index (κ1) is 17.1. The molecule has 2 atom stereocenters. The Hall–Kier alpha value is -2.72. The molecule has 0 unspecified atom stereocenters. The van der Waals surface area contributed by atoms with Gasteiger partial charge in [0.1, 0.15) is 11.7 Å². The molecule has 1 aromatic heterocycles. The molecule has 1 aliphatic carbocycles. The molecule has 134 valence electrons. The van der Waals surface area contributed by atoms with Crippen LogP contribution in [0.1, 0.15) is 18.0 Å². The minimum atomic E-state index is -5.38. The first-order chi connectivity index (χ1) is 11.5. The summed E-state index contributed by atoms with van der Waals surface area (Å²) in [6, 6.07) is -0.992. The van der Waals surface area contributed by atoms with Gasteiger partial charge in [-0.3, -0.25) is 4.79 Å². The number of alkyl halides is 4. The van der Waals surface area contributed by atoms with Crippen LogP contribution in [0.2, 0.25) is 0 Å². The minimum Gasteiger partial charge on any atom is -0.449 e. The summed E-state index contributed by atoms with van der Waals surface area (Å²) >= 11 is 0. The van der Waals surface area contributed by atoms with Gasteiger partial charge in [-0.25, -0.2) is 18.0 Å². The molecule has 0 amide bonds. The number of fused-ring (bicyclic) bond motifs is 1. The van der Waals surface area contributed by atoms with E-state index in [4.69, 9.17) is 5.11 Å². The monoisotopic (exact) mass is 367 g/mol. The van der Waals surface area contributed by atoms with E-state index in [1.54, 1.807) is 0 Å². The third-order valence-corrected chi connectivity index (χ3v) is 3.69. The zero-order chi connectivity index (χ0) is 18.7. The van der Waals surface area contributed by atoms with Crippen molar-refractivity contribution >= 4 is 17.1 Å². The lowest BCUT2D eigenvalue weighted by Gasteiger charge is -2.18. The van der Waals surface area contributed by atoms with Crippen LogP contribution in [0, 0.1) is 11.6 Å². The molecule has 1 aliphatic rings. The van der Waals surface area contributed by atoms with Crippen molar-refractivity contribution in [2.45, 2.75) is 24.8 Å². The molecule has 0 saturated heterocycles. The van der Waals surface area contributed by atoms with E-state index in [1.165, 1.54) is 0 Å². The first-order valence-corrected chi connectivity index (χ1v) is 6.71. The summed E-state index contributed by atoms with van der Waals surface area (Å²) in [7, 11) is 0. The predicted octanol–water partition coefficient (Wildman–Crippen LogP) is 3.64. The highest BCUT2D eigenvalue weighted by atomic mass is 19.4. The summed E-state index contributed by atoms with van der Waals surface area (Å²) in [5, 5.41) is 7.62. The van der Waals surface area contributed by atoms with E-state index in [-0.39, 0.29) is 12.5 Å². The quantitative estimate of drug-likeness (QED) is 0.650. The number of pyridine rings is 1. The maximum Gasteiger partial charge on any atom is 0.511 e. The molecule has 1 heterocycles. The smallest absolute Gasteiger partial charge is 0.449 e. The molecule has 1 aromatic carbocycles. The van der Waals surface area contributed by atoms with Crippen molar-refractivity contribution in [3.8, 4) is 5.75 Å². The normalized spacial score (nSPS) is 19.9. The Kier molecular flexibility index (Phi) is 3.69. The van der Waals surface area contributed by atoms with Crippen LogP contribution in [0.15, 0.2) is 17.1 Å². The van der Waals surface area contributed by atoms with Crippen molar-refractivity contribution in [3.05, 3.63) is 39.7 Å². The van der Waals surface area contributed by atoms with E-state index in [2.05, 4.69) is 4.74 Å². The highest BCUT2D eigenvalue weighted by Crippen LogP contribution is 2.44. The molecule has 0 bridgehead atoms. The van der Waals surface area contributed by atoms with Gasteiger partial charge in [0.25, 0.3) is 0 Å².